The van der Waals surface area contributed by atoms with Crippen LogP contribution in [0.2, 0.25) is 10.0 Å². The van der Waals surface area contributed by atoms with Gasteiger partial charge in [0.15, 0.2) is 11.5 Å². The summed E-state index contributed by atoms with van der Waals surface area (Å²) in [4.78, 5) is 14.5. The van der Waals surface area contributed by atoms with Crippen LogP contribution in [0.4, 0.5) is 0 Å². The molecule has 10 heteroatoms. The second-order valence-electron chi connectivity index (χ2n) is 6.15. The molecule has 0 bridgehead atoms. The van der Waals surface area contributed by atoms with Gasteiger partial charge in [0.05, 0.1) is 20.0 Å². The summed E-state index contributed by atoms with van der Waals surface area (Å²) in [5.41, 5.74) is 0.974. The minimum absolute atomic E-state index is 0.0393. The van der Waals surface area contributed by atoms with Gasteiger partial charge in [-0.25, -0.2) is 0 Å². The van der Waals surface area contributed by atoms with Crippen LogP contribution in [0, 0.1) is 0 Å². The third-order valence-corrected chi connectivity index (χ3v) is 4.72. The van der Waals surface area contributed by atoms with Crippen molar-refractivity contribution in [2.45, 2.75) is 6.54 Å². The van der Waals surface area contributed by atoms with Crippen LogP contribution in [0.5, 0.6) is 11.5 Å². The molecule has 0 heterocycles. The molecule has 2 rings (SSSR count). The molecule has 2 aromatic rings. The highest BCUT2D eigenvalue weighted by atomic mass is 35.5. The van der Waals surface area contributed by atoms with Crippen molar-refractivity contribution in [3.05, 3.63) is 57.6 Å². The highest BCUT2D eigenvalue weighted by Gasteiger charge is 2.19. The van der Waals surface area contributed by atoms with Crippen molar-refractivity contribution in [1.29, 1.82) is 0 Å². The standard InChI is InChI=1S/C19H21Cl2NO6S/c1-26-7-6-22(19(23)14-9-15(20)11-16(21)10-14)12-13-4-5-17(27-2)18(8-13)28-29(3,24)25/h4-5,8-11H,6-7,12H2,1-3H3. The Balaban J connectivity index is 2.34. The molecule has 0 fully saturated rings. The van der Waals surface area contributed by atoms with E-state index in [0.717, 1.165) is 6.26 Å². The summed E-state index contributed by atoms with van der Waals surface area (Å²) in [6.45, 7) is 0.785. The zero-order valence-corrected chi connectivity index (χ0v) is 18.5. The lowest BCUT2D eigenvalue weighted by Crippen LogP contribution is -2.33. The molecule has 0 saturated heterocycles. The molecule has 29 heavy (non-hydrogen) atoms. The zero-order valence-electron chi connectivity index (χ0n) is 16.1. The van der Waals surface area contributed by atoms with Crippen molar-refractivity contribution < 1.29 is 26.9 Å². The minimum atomic E-state index is -3.75. The Bertz CT molecular complexity index is 960. The van der Waals surface area contributed by atoms with Crippen molar-refractivity contribution in [3.8, 4) is 11.5 Å². The van der Waals surface area contributed by atoms with Crippen LogP contribution in [0.3, 0.4) is 0 Å². The van der Waals surface area contributed by atoms with E-state index in [0.29, 0.717) is 34.3 Å². The number of amides is 1. The fourth-order valence-electron chi connectivity index (χ4n) is 2.58. The Kier molecular flexibility index (Phi) is 8.15. The number of hydrogen-bond donors (Lipinski definition) is 0. The number of carbonyl (C=O) groups is 1. The van der Waals surface area contributed by atoms with Crippen molar-refractivity contribution in [3.63, 3.8) is 0 Å². The van der Waals surface area contributed by atoms with E-state index in [1.54, 1.807) is 12.1 Å². The van der Waals surface area contributed by atoms with Gasteiger partial charge in [-0.2, -0.15) is 8.42 Å². The second kappa shape index (κ2) is 10.2. The van der Waals surface area contributed by atoms with Gasteiger partial charge in [-0.1, -0.05) is 29.3 Å². The number of benzene rings is 2. The van der Waals surface area contributed by atoms with Crippen molar-refractivity contribution in [2.75, 3.05) is 33.6 Å². The first-order chi connectivity index (χ1) is 13.6. The third kappa shape index (κ3) is 7.08. The Morgan fingerprint density at radius 3 is 2.24 bits per heavy atom. The molecule has 0 aromatic heterocycles. The highest BCUT2D eigenvalue weighted by molar-refractivity contribution is 7.86. The van der Waals surface area contributed by atoms with Gasteiger partial charge in [0, 0.05) is 35.8 Å². The quantitative estimate of drug-likeness (QED) is 0.530. The predicted octanol–water partition coefficient (Wildman–Crippen LogP) is 3.63. The van der Waals surface area contributed by atoms with E-state index in [1.165, 1.54) is 43.4 Å². The smallest absolute Gasteiger partial charge is 0.306 e. The average Bonchev–Trinajstić information content (AvgIpc) is 2.62. The maximum atomic E-state index is 13.0. The minimum Gasteiger partial charge on any atom is -0.493 e. The van der Waals surface area contributed by atoms with Crippen LogP contribution in [-0.4, -0.2) is 52.9 Å². The van der Waals surface area contributed by atoms with Gasteiger partial charge in [0.1, 0.15) is 0 Å². The van der Waals surface area contributed by atoms with Crippen molar-refractivity contribution >= 4 is 39.2 Å². The van der Waals surface area contributed by atoms with E-state index >= 15 is 0 Å². The number of methoxy groups -OCH3 is 2. The third-order valence-electron chi connectivity index (χ3n) is 3.80. The molecule has 2 aromatic carbocycles. The molecular weight excluding hydrogens is 441 g/mol. The van der Waals surface area contributed by atoms with Crippen LogP contribution in [0.1, 0.15) is 15.9 Å². The molecule has 0 radical (unpaired) electrons. The summed E-state index contributed by atoms with van der Waals surface area (Å²) < 4.78 is 38.3. The van der Waals surface area contributed by atoms with Gasteiger partial charge in [-0.05, 0) is 35.9 Å². The normalized spacial score (nSPS) is 11.2. The molecule has 0 unspecified atom stereocenters. The van der Waals surface area contributed by atoms with Crippen LogP contribution in [0.15, 0.2) is 36.4 Å². The van der Waals surface area contributed by atoms with E-state index in [4.69, 9.17) is 36.9 Å². The predicted molar refractivity (Wildman–Crippen MR) is 112 cm³/mol. The van der Waals surface area contributed by atoms with Gasteiger partial charge in [0.2, 0.25) is 0 Å². The monoisotopic (exact) mass is 461 g/mol. The Hall–Kier alpha value is -2.00. The molecule has 158 valence electrons. The second-order valence-corrected chi connectivity index (χ2v) is 8.60. The summed E-state index contributed by atoms with van der Waals surface area (Å²) in [6, 6.07) is 9.40. The van der Waals surface area contributed by atoms with Crippen molar-refractivity contribution in [2.24, 2.45) is 0 Å². The lowest BCUT2D eigenvalue weighted by molar-refractivity contribution is 0.0680. The largest absolute Gasteiger partial charge is 0.493 e. The molecule has 0 spiro atoms. The van der Waals surface area contributed by atoms with Crippen LogP contribution in [-0.2, 0) is 21.4 Å². The van der Waals surface area contributed by atoms with Gasteiger partial charge in [-0.3, -0.25) is 4.79 Å². The van der Waals surface area contributed by atoms with E-state index in [1.807, 2.05) is 0 Å². The molecule has 7 nitrogen and oxygen atoms in total. The number of hydrogen-bond acceptors (Lipinski definition) is 6. The van der Waals surface area contributed by atoms with E-state index in [2.05, 4.69) is 0 Å². The topological polar surface area (TPSA) is 82.1 Å². The summed E-state index contributed by atoms with van der Waals surface area (Å²) in [6.07, 6.45) is 0.941. The van der Waals surface area contributed by atoms with Gasteiger partial charge < -0.3 is 18.6 Å². The maximum absolute atomic E-state index is 13.0. The molecule has 0 N–H and O–H groups in total. The first-order valence-electron chi connectivity index (χ1n) is 8.43. The van der Waals surface area contributed by atoms with E-state index < -0.39 is 10.1 Å². The number of halogens is 2. The summed E-state index contributed by atoms with van der Waals surface area (Å²) >= 11 is 12.0. The molecule has 0 saturated carbocycles. The molecule has 0 atom stereocenters. The van der Waals surface area contributed by atoms with Crippen LogP contribution in [0.25, 0.3) is 0 Å². The lowest BCUT2D eigenvalue weighted by Gasteiger charge is -2.23. The van der Waals surface area contributed by atoms with Crippen LogP contribution >= 0.6 is 23.2 Å². The first kappa shape index (κ1) is 23.3. The van der Waals surface area contributed by atoms with E-state index in [9.17, 15) is 13.2 Å². The fraction of sp³-hybridized carbons (Fsp3) is 0.316. The Morgan fingerprint density at radius 2 is 1.69 bits per heavy atom. The zero-order chi connectivity index (χ0) is 21.6. The summed E-state index contributed by atoms with van der Waals surface area (Å²) in [7, 11) is -0.812. The fourth-order valence-corrected chi connectivity index (χ4v) is 3.56. The Labute approximate surface area is 180 Å². The summed E-state index contributed by atoms with van der Waals surface area (Å²) in [5, 5.41) is 0.696. The average molecular weight is 462 g/mol. The highest BCUT2D eigenvalue weighted by Crippen LogP contribution is 2.30. The van der Waals surface area contributed by atoms with E-state index in [-0.39, 0.29) is 24.0 Å². The molecule has 1 amide bonds. The summed E-state index contributed by atoms with van der Waals surface area (Å²) in [5.74, 6) is 0.000793. The Morgan fingerprint density at radius 1 is 1.03 bits per heavy atom. The number of nitrogens with zero attached hydrogens (tertiary/aromatic N) is 1. The molecule has 0 aliphatic carbocycles. The number of carbonyl (C=O) groups excluding carboxylic acids is 1. The van der Waals surface area contributed by atoms with Gasteiger partial charge in [-0.15, -0.1) is 0 Å². The SMILES string of the molecule is COCCN(Cc1ccc(OC)c(OS(C)(=O)=O)c1)C(=O)c1cc(Cl)cc(Cl)c1. The lowest BCUT2D eigenvalue weighted by atomic mass is 10.1. The number of rotatable bonds is 9. The van der Waals surface area contributed by atoms with Gasteiger partial charge >= 0.3 is 10.1 Å². The maximum Gasteiger partial charge on any atom is 0.306 e. The number of ether oxygens (including phenoxy) is 2. The van der Waals surface area contributed by atoms with Gasteiger partial charge in [0.25, 0.3) is 5.91 Å². The van der Waals surface area contributed by atoms with Crippen LogP contribution < -0.4 is 8.92 Å². The van der Waals surface area contributed by atoms with Crippen molar-refractivity contribution in [1.82, 2.24) is 4.90 Å². The molecular formula is C19H21Cl2NO6S. The molecule has 0 aliphatic rings. The molecule has 0 aliphatic heterocycles. The first-order valence-corrected chi connectivity index (χ1v) is 11.0.